The normalized spacial score (nSPS) is 22.7. The number of thiocarbonyl (C=S) groups is 2. The number of nitrogens with zero attached hydrogens (tertiary/aromatic N) is 4. The fourth-order valence-corrected chi connectivity index (χ4v) is 7.32. The summed E-state index contributed by atoms with van der Waals surface area (Å²) in [6.45, 7) is 28.7. The van der Waals surface area contributed by atoms with E-state index in [4.69, 9.17) is 24.4 Å². The van der Waals surface area contributed by atoms with Crippen molar-refractivity contribution in [2.45, 2.75) is 149 Å². The summed E-state index contributed by atoms with van der Waals surface area (Å²) < 4.78 is 0. The Balaban J connectivity index is 0.000000247. The third-order valence-electron chi connectivity index (χ3n) is 6.94. The monoisotopic (exact) mass is 524 g/mol. The summed E-state index contributed by atoms with van der Waals surface area (Å²) in [5, 5.41) is 1.35. The molecule has 2 amide bonds. The van der Waals surface area contributed by atoms with Gasteiger partial charge in [-0.3, -0.25) is 19.4 Å². The number of hydrogen-bond donors (Lipinski definition) is 0. The van der Waals surface area contributed by atoms with Crippen LogP contribution in [0.3, 0.4) is 0 Å². The van der Waals surface area contributed by atoms with Gasteiger partial charge >= 0.3 is 0 Å². The van der Waals surface area contributed by atoms with Crippen molar-refractivity contribution in [2.75, 3.05) is 0 Å². The fourth-order valence-electron chi connectivity index (χ4n) is 5.66. The molecule has 2 saturated heterocycles. The Hall–Kier alpha value is -1.28. The Morgan fingerprint density at radius 3 is 1.14 bits per heavy atom. The van der Waals surface area contributed by atoms with Gasteiger partial charge in [0.1, 0.15) is 11.1 Å². The molecule has 3 rings (SSSR count). The van der Waals surface area contributed by atoms with Crippen molar-refractivity contribution in [1.82, 2.24) is 19.6 Å². The standard InChI is InChI=1S/C14H24N2OS.C13H24N2OS/c1-12(2,3)15-10(17)14(8-7-9-14)16(11(15)18)13(4,5)6;1-11(2,3)14-9(16)13(7,8)15(10(14)17)12(4,5)6/h7-9H2,1-6H3;1-8H3. The van der Waals surface area contributed by atoms with Crippen LogP contribution in [-0.2, 0) is 9.59 Å². The van der Waals surface area contributed by atoms with Crippen molar-refractivity contribution in [1.29, 1.82) is 0 Å². The summed E-state index contributed by atoms with van der Waals surface area (Å²) in [4.78, 5) is 33.2. The Kier molecular flexibility index (Phi) is 7.39. The lowest BCUT2D eigenvalue weighted by Crippen LogP contribution is -2.61. The molecule has 0 radical (unpaired) electrons. The van der Waals surface area contributed by atoms with Gasteiger partial charge in [0, 0.05) is 22.2 Å². The van der Waals surface area contributed by atoms with Gasteiger partial charge < -0.3 is 9.80 Å². The first kappa shape index (κ1) is 29.9. The Morgan fingerprint density at radius 2 is 0.943 bits per heavy atom. The maximum Gasteiger partial charge on any atom is 0.255 e. The molecule has 0 atom stereocenters. The van der Waals surface area contributed by atoms with Gasteiger partial charge in [-0.1, -0.05) is 0 Å². The number of carbonyl (C=O) groups is 2. The SMILES string of the molecule is CC(C)(C)N1C(=O)C(C)(C)N(C(C)(C)C)C1=S.CC(C)(C)N1C(=O)C2(CCC2)N(C(C)(C)C)C1=S. The van der Waals surface area contributed by atoms with Gasteiger partial charge in [0.05, 0.1) is 0 Å². The van der Waals surface area contributed by atoms with Gasteiger partial charge in [0.25, 0.3) is 11.8 Å². The van der Waals surface area contributed by atoms with Crippen LogP contribution < -0.4 is 0 Å². The van der Waals surface area contributed by atoms with E-state index in [0.29, 0.717) is 10.2 Å². The molecule has 0 N–H and O–H groups in total. The second-order valence-electron chi connectivity index (χ2n) is 14.6. The van der Waals surface area contributed by atoms with Crippen LogP contribution in [0.4, 0.5) is 0 Å². The van der Waals surface area contributed by atoms with Crippen LogP contribution in [0, 0.1) is 0 Å². The van der Waals surface area contributed by atoms with Crippen molar-refractivity contribution < 1.29 is 9.59 Å². The van der Waals surface area contributed by atoms with E-state index in [0.717, 1.165) is 19.3 Å². The molecule has 35 heavy (non-hydrogen) atoms. The summed E-state index contributed by atoms with van der Waals surface area (Å²) in [7, 11) is 0. The highest BCUT2D eigenvalue weighted by Gasteiger charge is 2.62. The van der Waals surface area contributed by atoms with Crippen molar-refractivity contribution >= 4 is 46.5 Å². The van der Waals surface area contributed by atoms with E-state index in [1.54, 1.807) is 4.90 Å². The molecule has 8 heteroatoms. The zero-order valence-corrected chi connectivity index (χ0v) is 26.2. The molecule has 0 aromatic carbocycles. The first-order valence-corrected chi connectivity index (χ1v) is 13.5. The Morgan fingerprint density at radius 1 is 0.600 bits per heavy atom. The molecule has 1 saturated carbocycles. The molecule has 200 valence electrons. The molecular weight excluding hydrogens is 476 g/mol. The van der Waals surface area contributed by atoms with Crippen LogP contribution in [-0.4, -0.2) is 74.9 Å². The van der Waals surface area contributed by atoms with Crippen LogP contribution in [0.15, 0.2) is 0 Å². The molecule has 0 aromatic heterocycles. The molecule has 6 nitrogen and oxygen atoms in total. The van der Waals surface area contributed by atoms with Crippen molar-refractivity contribution in [3.63, 3.8) is 0 Å². The van der Waals surface area contributed by atoms with E-state index in [9.17, 15) is 9.59 Å². The molecular formula is C27H48N4O2S2. The number of hydrogen-bond acceptors (Lipinski definition) is 4. The quantitative estimate of drug-likeness (QED) is 0.377. The average Bonchev–Trinajstić information content (AvgIpc) is 2.89. The Labute approximate surface area is 224 Å². The van der Waals surface area contributed by atoms with Crippen LogP contribution in [0.2, 0.25) is 0 Å². The highest BCUT2D eigenvalue weighted by Crippen LogP contribution is 2.49. The number of rotatable bonds is 0. The molecule has 0 unspecified atom stereocenters. The van der Waals surface area contributed by atoms with E-state index in [1.807, 2.05) is 44.4 Å². The predicted octanol–water partition coefficient (Wildman–Crippen LogP) is 5.73. The highest BCUT2D eigenvalue weighted by molar-refractivity contribution is 7.80. The molecule has 2 aliphatic heterocycles. The van der Waals surface area contributed by atoms with Gasteiger partial charge in [0.2, 0.25) is 0 Å². The topological polar surface area (TPSA) is 47.1 Å². The maximum absolute atomic E-state index is 12.8. The molecule has 1 spiro atoms. The molecule has 0 aromatic rings. The third-order valence-corrected chi connectivity index (χ3v) is 7.67. The second kappa shape index (κ2) is 8.64. The second-order valence-corrected chi connectivity index (χ2v) is 15.4. The zero-order chi connectivity index (χ0) is 27.7. The van der Waals surface area contributed by atoms with Crippen LogP contribution in [0.25, 0.3) is 0 Å². The fraction of sp³-hybridized carbons (Fsp3) is 0.852. The van der Waals surface area contributed by atoms with Crippen molar-refractivity contribution in [3.05, 3.63) is 0 Å². The van der Waals surface area contributed by atoms with Crippen molar-refractivity contribution in [2.24, 2.45) is 0 Å². The van der Waals surface area contributed by atoms with E-state index >= 15 is 0 Å². The lowest BCUT2D eigenvalue weighted by molar-refractivity contribution is -0.141. The van der Waals surface area contributed by atoms with Crippen LogP contribution >= 0.6 is 24.4 Å². The third kappa shape index (κ3) is 4.98. The number of carbonyl (C=O) groups excluding carboxylic acids is 2. The minimum Gasteiger partial charge on any atom is -0.330 e. The molecule has 3 aliphatic rings. The lowest BCUT2D eigenvalue weighted by atomic mass is 9.73. The first-order valence-electron chi connectivity index (χ1n) is 12.7. The summed E-state index contributed by atoms with van der Waals surface area (Å²) in [6.07, 6.45) is 3.00. The smallest absolute Gasteiger partial charge is 0.255 e. The van der Waals surface area contributed by atoms with E-state index in [-0.39, 0.29) is 39.5 Å². The van der Waals surface area contributed by atoms with Crippen LogP contribution in [0.1, 0.15) is 116 Å². The largest absolute Gasteiger partial charge is 0.330 e. The van der Waals surface area contributed by atoms with E-state index in [2.05, 4.69) is 67.2 Å². The maximum atomic E-state index is 12.8. The Bertz CT molecular complexity index is 909. The molecule has 3 fully saturated rings. The van der Waals surface area contributed by atoms with Gasteiger partial charge in [-0.25, -0.2) is 0 Å². The van der Waals surface area contributed by atoms with Crippen LogP contribution in [0.5, 0.6) is 0 Å². The summed E-state index contributed by atoms with van der Waals surface area (Å²) in [6, 6.07) is 0. The summed E-state index contributed by atoms with van der Waals surface area (Å²) >= 11 is 11.1. The average molecular weight is 525 g/mol. The van der Waals surface area contributed by atoms with E-state index < -0.39 is 5.54 Å². The lowest BCUT2D eigenvalue weighted by Gasteiger charge is -2.49. The molecule has 0 bridgehead atoms. The minimum absolute atomic E-state index is 0.0879. The van der Waals surface area contributed by atoms with Gasteiger partial charge in [-0.2, -0.15) is 0 Å². The molecule has 2 heterocycles. The van der Waals surface area contributed by atoms with Crippen molar-refractivity contribution in [3.8, 4) is 0 Å². The first-order chi connectivity index (χ1) is 15.3. The minimum atomic E-state index is -0.567. The highest BCUT2D eigenvalue weighted by atomic mass is 32.1. The predicted molar refractivity (Wildman–Crippen MR) is 152 cm³/mol. The summed E-state index contributed by atoms with van der Waals surface area (Å²) in [5.41, 5.74) is -1.68. The summed E-state index contributed by atoms with van der Waals surface area (Å²) in [5.74, 6) is 0.297. The number of amides is 2. The van der Waals surface area contributed by atoms with Gasteiger partial charge in [-0.15, -0.1) is 0 Å². The zero-order valence-electron chi connectivity index (χ0n) is 24.5. The molecule has 1 aliphatic carbocycles. The van der Waals surface area contributed by atoms with E-state index in [1.165, 1.54) is 0 Å². The van der Waals surface area contributed by atoms with Gasteiger partial charge in [-0.05, 0) is 141 Å². The van der Waals surface area contributed by atoms with Gasteiger partial charge in [0.15, 0.2) is 10.2 Å².